The van der Waals surface area contributed by atoms with E-state index >= 15 is 0 Å². The van der Waals surface area contributed by atoms with Crippen LogP contribution in [0.4, 0.5) is 11.4 Å². The van der Waals surface area contributed by atoms with Gasteiger partial charge in [-0.05, 0) is 31.4 Å². The van der Waals surface area contributed by atoms with Crippen molar-refractivity contribution in [3.05, 3.63) is 30.5 Å². The van der Waals surface area contributed by atoms with Crippen molar-refractivity contribution >= 4 is 22.3 Å². The summed E-state index contributed by atoms with van der Waals surface area (Å²) in [6.45, 7) is 2.32. The molecule has 1 aromatic heterocycles. The maximum absolute atomic E-state index is 7.00. The van der Waals surface area contributed by atoms with Crippen molar-refractivity contribution in [1.82, 2.24) is 0 Å². The number of aliphatic hydroxyl groups excluding tert-OH is 1. The molecule has 1 aliphatic heterocycles. The smallest absolute Gasteiger partial charge is 0.236 e. The largest absolute Gasteiger partial charge is 0.400 e. The van der Waals surface area contributed by atoms with Gasteiger partial charge in [-0.15, -0.1) is 0 Å². The molecule has 4 heteroatoms. The normalized spacial score (nSPS) is 14.9. The number of nitrogens with zero attached hydrogens (tertiary/aromatic N) is 1. The van der Waals surface area contributed by atoms with Gasteiger partial charge in [0.15, 0.2) is 6.20 Å². The summed E-state index contributed by atoms with van der Waals surface area (Å²) in [4.78, 5) is 5.72. The molecular formula is C15H22N3O+. The molecule has 0 unspecified atom stereocenters. The standard InChI is InChI=1S/C14H17N3.CH4O/c15-12-6-4-5-11-13(7-8-16-14(11)12)17-9-2-1-3-10-17;1-2/h4-8H,1-3,9-10,15H2;2H,1H3/p+1. The van der Waals surface area contributed by atoms with Crippen LogP contribution in [0.15, 0.2) is 30.5 Å². The Morgan fingerprint density at radius 1 is 1.11 bits per heavy atom. The number of hydrogen-bond donors (Lipinski definition) is 2. The number of nitrogens with one attached hydrogen (secondary N) is 1. The van der Waals surface area contributed by atoms with Crippen molar-refractivity contribution in [2.75, 3.05) is 30.8 Å². The Morgan fingerprint density at radius 3 is 2.58 bits per heavy atom. The number of aromatic nitrogens is 1. The molecule has 1 aromatic carbocycles. The summed E-state index contributed by atoms with van der Waals surface area (Å²) in [7, 11) is 1.00. The van der Waals surface area contributed by atoms with Gasteiger partial charge in [0.2, 0.25) is 5.52 Å². The van der Waals surface area contributed by atoms with Gasteiger partial charge in [0.05, 0.1) is 11.1 Å². The van der Waals surface area contributed by atoms with Crippen LogP contribution in [-0.2, 0) is 0 Å². The number of para-hydroxylation sites is 1. The molecule has 2 heterocycles. The van der Waals surface area contributed by atoms with Crippen molar-refractivity contribution in [2.45, 2.75) is 19.3 Å². The summed E-state index contributed by atoms with van der Waals surface area (Å²) >= 11 is 0. The number of fused-ring (bicyclic) bond motifs is 1. The number of aromatic amines is 1. The lowest BCUT2D eigenvalue weighted by atomic mass is 10.1. The molecule has 0 atom stereocenters. The Hall–Kier alpha value is -1.81. The molecule has 4 N–H and O–H groups in total. The Kier molecular flexibility index (Phi) is 4.58. The lowest BCUT2D eigenvalue weighted by molar-refractivity contribution is -0.343. The van der Waals surface area contributed by atoms with Crippen LogP contribution in [0.5, 0.6) is 0 Å². The third-order valence-corrected chi connectivity index (χ3v) is 3.54. The topological polar surface area (TPSA) is 63.6 Å². The molecule has 0 spiro atoms. The summed E-state index contributed by atoms with van der Waals surface area (Å²) in [6.07, 6.45) is 5.93. The molecule has 0 amide bonds. The zero-order chi connectivity index (χ0) is 13.7. The van der Waals surface area contributed by atoms with Crippen molar-refractivity contribution in [3.63, 3.8) is 0 Å². The van der Waals surface area contributed by atoms with Crippen LogP contribution >= 0.6 is 0 Å². The highest BCUT2D eigenvalue weighted by Crippen LogP contribution is 2.28. The van der Waals surface area contributed by atoms with Gasteiger partial charge >= 0.3 is 0 Å². The number of aliphatic hydroxyl groups is 1. The zero-order valence-corrected chi connectivity index (χ0v) is 11.4. The van der Waals surface area contributed by atoms with Gasteiger partial charge in [0.1, 0.15) is 5.69 Å². The Balaban J connectivity index is 0.000000637. The lowest BCUT2D eigenvalue weighted by Crippen LogP contribution is -2.30. The number of pyridine rings is 1. The molecule has 0 radical (unpaired) electrons. The summed E-state index contributed by atoms with van der Waals surface area (Å²) in [5, 5.41) is 8.23. The van der Waals surface area contributed by atoms with Gasteiger partial charge in [-0.1, -0.05) is 6.07 Å². The first kappa shape index (κ1) is 13.6. The number of nitrogen functional groups attached to an aromatic ring is 1. The monoisotopic (exact) mass is 260 g/mol. The number of anilines is 2. The number of rotatable bonds is 1. The molecule has 2 aromatic rings. The first-order valence-electron chi connectivity index (χ1n) is 6.75. The van der Waals surface area contributed by atoms with Crippen LogP contribution in [0, 0.1) is 0 Å². The van der Waals surface area contributed by atoms with Gasteiger partial charge < -0.3 is 15.7 Å². The van der Waals surface area contributed by atoms with E-state index in [0.29, 0.717) is 0 Å². The molecule has 0 aliphatic carbocycles. The van der Waals surface area contributed by atoms with Gasteiger partial charge in [-0.3, -0.25) is 0 Å². The van der Waals surface area contributed by atoms with Crippen LogP contribution < -0.4 is 15.6 Å². The minimum Gasteiger partial charge on any atom is -0.400 e. The molecule has 102 valence electrons. The van der Waals surface area contributed by atoms with Crippen LogP contribution in [0.1, 0.15) is 19.3 Å². The molecule has 4 nitrogen and oxygen atoms in total. The summed E-state index contributed by atoms with van der Waals surface area (Å²) in [5.74, 6) is 0. The highest BCUT2D eigenvalue weighted by atomic mass is 16.2. The predicted octanol–water partition coefficient (Wildman–Crippen LogP) is 1.83. The van der Waals surface area contributed by atoms with Crippen LogP contribution in [-0.4, -0.2) is 25.3 Å². The van der Waals surface area contributed by atoms with E-state index in [1.807, 2.05) is 18.3 Å². The van der Waals surface area contributed by atoms with E-state index in [0.717, 1.165) is 31.4 Å². The quantitative estimate of drug-likeness (QED) is 0.769. The molecule has 1 fully saturated rings. The summed E-state index contributed by atoms with van der Waals surface area (Å²) < 4.78 is 0. The molecule has 19 heavy (non-hydrogen) atoms. The second-order valence-corrected chi connectivity index (χ2v) is 4.68. The van der Waals surface area contributed by atoms with Gasteiger partial charge in [0, 0.05) is 26.3 Å². The maximum atomic E-state index is 7.00. The second kappa shape index (κ2) is 6.38. The average molecular weight is 260 g/mol. The predicted molar refractivity (Wildman–Crippen MR) is 79.1 cm³/mol. The fraction of sp³-hybridized carbons (Fsp3) is 0.400. The molecule has 0 saturated carbocycles. The first-order valence-corrected chi connectivity index (χ1v) is 6.75. The number of nitrogens with two attached hydrogens (primary N) is 1. The van der Waals surface area contributed by atoms with Crippen molar-refractivity contribution in [1.29, 1.82) is 0 Å². The second-order valence-electron chi connectivity index (χ2n) is 4.68. The zero-order valence-electron chi connectivity index (χ0n) is 11.4. The van der Waals surface area contributed by atoms with E-state index < -0.39 is 0 Å². The van der Waals surface area contributed by atoms with E-state index in [9.17, 15) is 0 Å². The lowest BCUT2D eigenvalue weighted by Gasteiger charge is -2.29. The SMILES string of the molecule is CO.Nc1cccc2c(N3CCCCC3)cc[nH+]c12. The minimum atomic E-state index is 0.821. The van der Waals surface area contributed by atoms with Crippen molar-refractivity contribution < 1.29 is 10.1 Å². The molecule has 1 saturated heterocycles. The number of benzene rings is 1. The molecule has 0 bridgehead atoms. The third kappa shape index (κ3) is 2.79. The maximum Gasteiger partial charge on any atom is 0.236 e. The van der Waals surface area contributed by atoms with Crippen molar-refractivity contribution in [3.8, 4) is 0 Å². The first-order chi connectivity index (χ1) is 9.36. The van der Waals surface area contributed by atoms with E-state index in [2.05, 4.69) is 22.0 Å². The molecule has 1 aliphatic rings. The summed E-state index contributed by atoms with van der Waals surface area (Å²) in [6, 6.07) is 8.27. The minimum absolute atomic E-state index is 0.821. The number of H-pyrrole nitrogens is 1. The highest BCUT2D eigenvalue weighted by molar-refractivity contribution is 5.95. The van der Waals surface area contributed by atoms with Gasteiger partial charge in [-0.2, -0.15) is 0 Å². The summed E-state index contributed by atoms with van der Waals surface area (Å²) in [5.41, 5.74) is 9.19. The highest BCUT2D eigenvalue weighted by Gasteiger charge is 2.16. The fourth-order valence-corrected chi connectivity index (χ4v) is 2.65. The molecule has 3 rings (SSSR count). The van der Waals surface area contributed by atoms with Crippen molar-refractivity contribution in [2.24, 2.45) is 0 Å². The Labute approximate surface area is 113 Å². The van der Waals surface area contributed by atoms with Gasteiger partial charge in [-0.25, -0.2) is 4.98 Å². The third-order valence-electron chi connectivity index (χ3n) is 3.54. The Bertz CT molecular complexity index is 536. The fourth-order valence-electron chi connectivity index (χ4n) is 2.65. The van der Waals surface area contributed by atoms with Crippen LogP contribution in [0.3, 0.4) is 0 Å². The number of hydrogen-bond acceptors (Lipinski definition) is 3. The van der Waals surface area contributed by atoms with E-state index in [4.69, 9.17) is 10.8 Å². The van der Waals surface area contributed by atoms with Crippen LogP contribution in [0.25, 0.3) is 10.9 Å². The number of piperidine rings is 1. The Morgan fingerprint density at radius 2 is 1.84 bits per heavy atom. The average Bonchev–Trinajstić information content (AvgIpc) is 2.50. The van der Waals surface area contributed by atoms with Crippen LogP contribution in [0.2, 0.25) is 0 Å². The van der Waals surface area contributed by atoms with E-state index in [1.165, 1.54) is 30.3 Å². The van der Waals surface area contributed by atoms with E-state index in [-0.39, 0.29) is 0 Å². The van der Waals surface area contributed by atoms with E-state index in [1.54, 1.807) is 0 Å². The molecular weight excluding hydrogens is 238 g/mol. The van der Waals surface area contributed by atoms with Gasteiger partial charge in [0.25, 0.3) is 0 Å².